The molecule has 0 atom stereocenters. The molecule has 0 saturated heterocycles. The lowest BCUT2D eigenvalue weighted by molar-refractivity contribution is 0.280. The van der Waals surface area contributed by atoms with Crippen LogP contribution < -0.4 is 0 Å². The standard InChI is InChI=1S/C10H12N2O/c1-2-10-8(7-13)6-9-4-3-5-11-12(9)10/h3-6,13H,2,7H2,1H3. The minimum atomic E-state index is 0.0898. The number of aryl methyl sites for hydroxylation is 1. The summed E-state index contributed by atoms with van der Waals surface area (Å²) in [5.74, 6) is 0. The molecule has 0 aromatic carbocycles. The van der Waals surface area contributed by atoms with Crippen molar-refractivity contribution in [2.24, 2.45) is 0 Å². The van der Waals surface area contributed by atoms with Gasteiger partial charge in [-0.3, -0.25) is 0 Å². The Morgan fingerprint density at radius 2 is 2.38 bits per heavy atom. The van der Waals surface area contributed by atoms with Gasteiger partial charge in [-0.1, -0.05) is 6.92 Å². The van der Waals surface area contributed by atoms with Crippen molar-refractivity contribution in [2.75, 3.05) is 0 Å². The van der Waals surface area contributed by atoms with Gasteiger partial charge < -0.3 is 5.11 Å². The molecule has 1 N–H and O–H groups in total. The third kappa shape index (κ3) is 1.21. The Bertz CT molecular complexity index is 420. The topological polar surface area (TPSA) is 37.5 Å². The first-order valence-corrected chi connectivity index (χ1v) is 4.42. The van der Waals surface area contributed by atoms with Crippen LogP contribution in [0.25, 0.3) is 5.52 Å². The summed E-state index contributed by atoms with van der Waals surface area (Å²) in [5.41, 5.74) is 3.11. The number of aliphatic hydroxyl groups excluding tert-OH is 1. The average molecular weight is 176 g/mol. The lowest BCUT2D eigenvalue weighted by atomic mass is 10.2. The monoisotopic (exact) mass is 176 g/mol. The van der Waals surface area contributed by atoms with Crippen LogP contribution in [0.3, 0.4) is 0 Å². The molecule has 0 saturated carbocycles. The molecule has 0 bridgehead atoms. The van der Waals surface area contributed by atoms with Crippen molar-refractivity contribution < 1.29 is 5.11 Å². The molecule has 2 rings (SSSR count). The van der Waals surface area contributed by atoms with Gasteiger partial charge in [0, 0.05) is 17.5 Å². The number of aliphatic hydroxyl groups is 1. The van der Waals surface area contributed by atoms with Gasteiger partial charge in [0.05, 0.1) is 12.1 Å². The lowest BCUT2D eigenvalue weighted by Gasteiger charge is -1.99. The van der Waals surface area contributed by atoms with Gasteiger partial charge in [-0.2, -0.15) is 5.10 Å². The molecule has 0 fully saturated rings. The Hall–Kier alpha value is -1.35. The molecule has 0 spiro atoms. The molecule has 2 aromatic heterocycles. The summed E-state index contributed by atoms with van der Waals surface area (Å²) >= 11 is 0. The lowest BCUT2D eigenvalue weighted by Crippen LogP contribution is -1.97. The van der Waals surface area contributed by atoms with E-state index in [4.69, 9.17) is 5.11 Å². The SMILES string of the molecule is CCc1c(CO)cc2cccnn12. The summed E-state index contributed by atoms with van der Waals surface area (Å²) in [6.07, 6.45) is 2.65. The minimum absolute atomic E-state index is 0.0898. The van der Waals surface area contributed by atoms with Gasteiger partial charge in [0.2, 0.25) is 0 Å². The van der Waals surface area contributed by atoms with Crippen molar-refractivity contribution in [1.82, 2.24) is 9.61 Å². The summed E-state index contributed by atoms with van der Waals surface area (Å²) in [6.45, 7) is 2.15. The predicted molar refractivity (Wildman–Crippen MR) is 50.5 cm³/mol. The second-order valence-corrected chi connectivity index (χ2v) is 2.99. The first kappa shape index (κ1) is 8.26. The predicted octanol–water partition coefficient (Wildman–Crippen LogP) is 1.39. The number of hydrogen-bond donors (Lipinski definition) is 1. The van der Waals surface area contributed by atoms with Crippen LogP contribution in [0.15, 0.2) is 24.4 Å². The highest BCUT2D eigenvalue weighted by Crippen LogP contribution is 2.15. The molecule has 13 heavy (non-hydrogen) atoms. The van der Waals surface area contributed by atoms with Gasteiger partial charge in [-0.15, -0.1) is 0 Å². The molecule has 3 nitrogen and oxygen atoms in total. The van der Waals surface area contributed by atoms with E-state index in [1.807, 2.05) is 22.7 Å². The molecule has 0 amide bonds. The number of nitrogens with zero attached hydrogens (tertiary/aromatic N) is 2. The maximum absolute atomic E-state index is 9.11. The molecular weight excluding hydrogens is 164 g/mol. The summed E-state index contributed by atoms with van der Waals surface area (Å²) in [5, 5.41) is 13.3. The Morgan fingerprint density at radius 1 is 1.54 bits per heavy atom. The number of rotatable bonds is 2. The van der Waals surface area contributed by atoms with E-state index in [0.717, 1.165) is 23.2 Å². The van der Waals surface area contributed by atoms with Crippen LogP contribution in [0.5, 0.6) is 0 Å². The normalized spacial score (nSPS) is 10.9. The Balaban J connectivity index is 2.73. The van der Waals surface area contributed by atoms with E-state index < -0.39 is 0 Å². The van der Waals surface area contributed by atoms with Crippen molar-refractivity contribution in [1.29, 1.82) is 0 Å². The first-order valence-electron chi connectivity index (χ1n) is 4.42. The van der Waals surface area contributed by atoms with Crippen molar-refractivity contribution >= 4 is 5.52 Å². The zero-order chi connectivity index (χ0) is 9.26. The summed E-state index contributed by atoms with van der Waals surface area (Å²) in [4.78, 5) is 0. The molecule has 0 aliphatic carbocycles. The molecule has 0 aliphatic rings. The van der Waals surface area contributed by atoms with Gasteiger partial charge in [0.25, 0.3) is 0 Å². The fraction of sp³-hybridized carbons (Fsp3) is 0.300. The van der Waals surface area contributed by atoms with Crippen molar-refractivity contribution in [2.45, 2.75) is 20.0 Å². The molecule has 0 unspecified atom stereocenters. The van der Waals surface area contributed by atoms with Gasteiger partial charge in [0.1, 0.15) is 0 Å². The summed E-state index contributed by atoms with van der Waals surface area (Å²) in [6, 6.07) is 5.87. The number of hydrogen-bond acceptors (Lipinski definition) is 2. The molecule has 3 heteroatoms. The molecule has 0 radical (unpaired) electrons. The van der Waals surface area contributed by atoms with E-state index in [2.05, 4.69) is 12.0 Å². The highest BCUT2D eigenvalue weighted by molar-refractivity contribution is 5.51. The molecule has 2 aromatic rings. The Labute approximate surface area is 76.6 Å². The highest BCUT2D eigenvalue weighted by atomic mass is 16.3. The van der Waals surface area contributed by atoms with E-state index in [1.165, 1.54) is 0 Å². The van der Waals surface area contributed by atoms with Crippen LogP contribution in [0.1, 0.15) is 18.2 Å². The van der Waals surface area contributed by atoms with E-state index in [9.17, 15) is 0 Å². The van der Waals surface area contributed by atoms with Crippen molar-refractivity contribution in [3.8, 4) is 0 Å². The first-order chi connectivity index (χ1) is 6.36. The Kier molecular flexibility index (Phi) is 2.02. The van der Waals surface area contributed by atoms with Crippen LogP contribution in [-0.4, -0.2) is 14.7 Å². The van der Waals surface area contributed by atoms with Crippen LogP contribution in [0.4, 0.5) is 0 Å². The van der Waals surface area contributed by atoms with Crippen LogP contribution in [-0.2, 0) is 13.0 Å². The molecule has 68 valence electrons. The average Bonchev–Trinajstić information content (AvgIpc) is 2.55. The van der Waals surface area contributed by atoms with E-state index in [-0.39, 0.29) is 6.61 Å². The second kappa shape index (κ2) is 3.18. The quantitative estimate of drug-likeness (QED) is 0.750. The number of aromatic nitrogens is 2. The van der Waals surface area contributed by atoms with Crippen LogP contribution in [0.2, 0.25) is 0 Å². The Morgan fingerprint density at radius 3 is 3.08 bits per heavy atom. The summed E-state index contributed by atoms with van der Waals surface area (Å²) in [7, 11) is 0. The highest BCUT2D eigenvalue weighted by Gasteiger charge is 2.06. The van der Waals surface area contributed by atoms with Gasteiger partial charge in [-0.05, 0) is 24.6 Å². The van der Waals surface area contributed by atoms with E-state index >= 15 is 0 Å². The smallest absolute Gasteiger partial charge is 0.0700 e. The third-order valence-corrected chi connectivity index (χ3v) is 2.23. The number of fused-ring (bicyclic) bond motifs is 1. The van der Waals surface area contributed by atoms with Gasteiger partial charge in [0.15, 0.2) is 0 Å². The zero-order valence-electron chi connectivity index (χ0n) is 7.57. The van der Waals surface area contributed by atoms with E-state index in [0.29, 0.717) is 0 Å². The maximum Gasteiger partial charge on any atom is 0.0700 e. The van der Waals surface area contributed by atoms with Crippen molar-refractivity contribution in [3.05, 3.63) is 35.7 Å². The molecule has 0 aliphatic heterocycles. The van der Waals surface area contributed by atoms with Crippen LogP contribution >= 0.6 is 0 Å². The fourth-order valence-corrected chi connectivity index (χ4v) is 1.63. The summed E-state index contributed by atoms with van der Waals surface area (Å²) < 4.78 is 1.88. The van der Waals surface area contributed by atoms with Gasteiger partial charge in [-0.25, -0.2) is 4.52 Å². The van der Waals surface area contributed by atoms with E-state index in [1.54, 1.807) is 6.20 Å². The minimum Gasteiger partial charge on any atom is -0.392 e. The van der Waals surface area contributed by atoms with Crippen molar-refractivity contribution in [3.63, 3.8) is 0 Å². The second-order valence-electron chi connectivity index (χ2n) is 2.99. The van der Waals surface area contributed by atoms with Gasteiger partial charge >= 0.3 is 0 Å². The zero-order valence-corrected chi connectivity index (χ0v) is 7.57. The molecular formula is C10H12N2O. The maximum atomic E-state index is 9.11. The largest absolute Gasteiger partial charge is 0.392 e. The molecule has 2 heterocycles. The third-order valence-electron chi connectivity index (χ3n) is 2.23. The van der Waals surface area contributed by atoms with Crippen LogP contribution in [0, 0.1) is 0 Å². The fourth-order valence-electron chi connectivity index (χ4n) is 1.63.